The lowest BCUT2D eigenvalue weighted by atomic mass is 10.2. The molecule has 0 amide bonds. The Kier molecular flexibility index (Phi) is 6.09. The third-order valence-corrected chi connectivity index (χ3v) is 4.11. The van der Waals surface area contributed by atoms with E-state index >= 15 is 0 Å². The van der Waals surface area contributed by atoms with Crippen LogP contribution in [0.2, 0.25) is 5.02 Å². The predicted molar refractivity (Wildman–Crippen MR) is 99.6 cm³/mol. The maximum atomic E-state index is 6.16. The van der Waals surface area contributed by atoms with Gasteiger partial charge >= 0.3 is 0 Å². The molecule has 1 heterocycles. The van der Waals surface area contributed by atoms with Crippen LogP contribution < -0.4 is 9.47 Å². The highest BCUT2D eigenvalue weighted by Crippen LogP contribution is 2.26. The Balaban J connectivity index is 1.49. The maximum Gasteiger partial charge on any atom is 0.249 e. The molecular weight excluding hydrogens is 354 g/mol. The van der Waals surface area contributed by atoms with E-state index in [0.29, 0.717) is 30.0 Å². The van der Waals surface area contributed by atoms with E-state index in [9.17, 15) is 0 Å². The van der Waals surface area contributed by atoms with Crippen LogP contribution in [-0.4, -0.2) is 42.4 Å². The van der Waals surface area contributed by atoms with Gasteiger partial charge in [0, 0.05) is 6.54 Å². The summed E-state index contributed by atoms with van der Waals surface area (Å²) in [7, 11) is 3.61. The molecule has 0 aliphatic rings. The Hall–Kier alpha value is -2.57. The molecule has 0 aliphatic carbocycles. The fourth-order valence-corrected chi connectivity index (χ4v) is 2.58. The molecule has 26 heavy (non-hydrogen) atoms. The Morgan fingerprint density at radius 2 is 1.77 bits per heavy atom. The van der Waals surface area contributed by atoms with Crippen LogP contribution in [-0.2, 0) is 6.54 Å². The minimum Gasteiger partial charge on any atom is -0.497 e. The van der Waals surface area contributed by atoms with Gasteiger partial charge in [-0.15, -0.1) is 10.2 Å². The summed E-state index contributed by atoms with van der Waals surface area (Å²) in [5.74, 6) is 2.57. The molecule has 0 N–H and O–H groups in total. The van der Waals surface area contributed by atoms with E-state index in [2.05, 4.69) is 10.2 Å². The molecule has 0 aliphatic heterocycles. The molecule has 0 saturated carbocycles. The van der Waals surface area contributed by atoms with Crippen LogP contribution in [0, 0.1) is 0 Å². The van der Waals surface area contributed by atoms with Crippen LogP contribution in [0.15, 0.2) is 52.9 Å². The van der Waals surface area contributed by atoms with Gasteiger partial charge in [0.05, 0.1) is 24.2 Å². The molecule has 3 rings (SSSR count). The van der Waals surface area contributed by atoms with Crippen LogP contribution in [0.25, 0.3) is 11.5 Å². The van der Waals surface area contributed by atoms with E-state index in [1.165, 1.54) is 0 Å². The molecule has 1 aromatic heterocycles. The van der Waals surface area contributed by atoms with E-state index in [-0.39, 0.29) is 0 Å². The lowest BCUT2D eigenvalue weighted by Crippen LogP contribution is -2.24. The van der Waals surface area contributed by atoms with E-state index in [1.807, 2.05) is 54.4 Å². The monoisotopic (exact) mass is 373 g/mol. The first-order valence-electron chi connectivity index (χ1n) is 8.18. The van der Waals surface area contributed by atoms with E-state index in [0.717, 1.165) is 23.6 Å². The number of nitrogens with zero attached hydrogens (tertiary/aromatic N) is 3. The first-order valence-corrected chi connectivity index (χ1v) is 8.56. The minimum atomic E-state index is 0.425. The van der Waals surface area contributed by atoms with E-state index < -0.39 is 0 Å². The van der Waals surface area contributed by atoms with Crippen molar-refractivity contribution in [3.8, 4) is 23.0 Å². The third kappa shape index (κ3) is 4.74. The van der Waals surface area contributed by atoms with Crippen molar-refractivity contribution in [3.05, 3.63) is 59.4 Å². The second-order valence-electron chi connectivity index (χ2n) is 5.74. The molecule has 0 saturated heterocycles. The Labute approximate surface area is 157 Å². The predicted octanol–water partition coefficient (Wildman–Crippen LogP) is 3.91. The smallest absolute Gasteiger partial charge is 0.249 e. The molecule has 136 valence electrons. The number of hydrogen-bond acceptors (Lipinski definition) is 6. The maximum absolute atomic E-state index is 6.16. The highest BCUT2D eigenvalue weighted by molar-refractivity contribution is 6.33. The molecule has 0 spiro atoms. The molecular formula is C19H20ClN3O3. The quantitative estimate of drug-likeness (QED) is 0.596. The Morgan fingerprint density at radius 3 is 2.50 bits per heavy atom. The number of rotatable bonds is 8. The summed E-state index contributed by atoms with van der Waals surface area (Å²) in [6, 6.07) is 14.9. The Bertz CT molecular complexity index is 836. The van der Waals surface area contributed by atoms with Crippen molar-refractivity contribution in [3.63, 3.8) is 0 Å². The van der Waals surface area contributed by atoms with Crippen LogP contribution >= 0.6 is 11.6 Å². The summed E-state index contributed by atoms with van der Waals surface area (Å²) in [6.07, 6.45) is 0. The molecule has 3 aromatic rings. The number of benzene rings is 2. The Morgan fingerprint density at radius 1 is 1.04 bits per heavy atom. The highest BCUT2D eigenvalue weighted by Gasteiger charge is 2.12. The first-order chi connectivity index (χ1) is 12.7. The van der Waals surface area contributed by atoms with Gasteiger partial charge in [-0.3, -0.25) is 4.90 Å². The molecule has 0 atom stereocenters. The van der Waals surface area contributed by atoms with Crippen molar-refractivity contribution in [1.29, 1.82) is 0 Å². The lowest BCUT2D eigenvalue weighted by molar-refractivity contribution is 0.220. The van der Waals surface area contributed by atoms with Crippen molar-refractivity contribution >= 4 is 11.6 Å². The molecule has 2 aromatic carbocycles. The van der Waals surface area contributed by atoms with E-state index in [4.69, 9.17) is 25.5 Å². The zero-order valence-corrected chi connectivity index (χ0v) is 15.4. The second-order valence-corrected chi connectivity index (χ2v) is 6.15. The largest absolute Gasteiger partial charge is 0.497 e. The average Bonchev–Trinajstić information content (AvgIpc) is 3.11. The zero-order valence-electron chi connectivity index (χ0n) is 14.7. The van der Waals surface area contributed by atoms with Crippen molar-refractivity contribution < 1.29 is 13.9 Å². The fraction of sp³-hybridized carbons (Fsp3) is 0.263. The molecule has 6 nitrogen and oxygen atoms in total. The van der Waals surface area contributed by atoms with Crippen molar-refractivity contribution in [2.24, 2.45) is 0 Å². The van der Waals surface area contributed by atoms with Crippen molar-refractivity contribution in [2.45, 2.75) is 6.54 Å². The second kappa shape index (κ2) is 8.69. The summed E-state index contributed by atoms with van der Waals surface area (Å²) in [5.41, 5.74) is 0.735. The van der Waals surface area contributed by atoms with Gasteiger partial charge in [-0.25, -0.2) is 0 Å². The summed E-state index contributed by atoms with van der Waals surface area (Å²) in [5, 5.41) is 8.75. The van der Waals surface area contributed by atoms with Crippen LogP contribution in [0.4, 0.5) is 0 Å². The number of ether oxygens (including phenoxy) is 2. The molecule has 0 bridgehead atoms. The standard InChI is InChI=1S/C19H20ClN3O3/c1-23(11-12-25-15-9-7-14(24-2)8-10-15)13-18-21-22-19(26-18)16-5-3-4-6-17(16)20/h3-10H,11-13H2,1-2H3. The highest BCUT2D eigenvalue weighted by atomic mass is 35.5. The first kappa shape index (κ1) is 18.2. The topological polar surface area (TPSA) is 60.6 Å². The normalized spacial score (nSPS) is 10.9. The number of halogens is 1. The summed E-state index contributed by atoms with van der Waals surface area (Å²) < 4.78 is 16.6. The van der Waals surface area contributed by atoms with Crippen molar-refractivity contribution in [1.82, 2.24) is 15.1 Å². The lowest BCUT2D eigenvalue weighted by Gasteiger charge is -2.14. The van der Waals surface area contributed by atoms with Crippen molar-refractivity contribution in [2.75, 3.05) is 27.3 Å². The SMILES string of the molecule is COc1ccc(OCCN(C)Cc2nnc(-c3ccccc3Cl)o2)cc1. The number of methoxy groups -OCH3 is 1. The van der Waals surface area contributed by atoms with Gasteiger partial charge in [0.1, 0.15) is 18.1 Å². The van der Waals surface area contributed by atoms with Gasteiger partial charge < -0.3 is 13.9 Å². The average molecular weight is 374 g/mol. The molecule has 0 fully saturated rings. The van der Waals surface area contributed by atoms with Crippen LogP contribution in [0.1, 0.15) is 5.89 Å². The summed E-state index contributed by atoms with van der Waals surface area (Å²) in [6.45, 7) is 1.80. The third-order valence-electron chi connectivity index (χ3n) is 3.78. The molecule has 0 radical (unpaired) electrons. The van der Waals surface area contributed by atoms with Gasteiger partial charge in [-0.05, 0) is 43.4 Å². The minimum absolute atomic E-state index is 0.425. The van der Waals surface area contributed by atoms with Gasteiger partial charge in [-0.2, -0.15) is 0 Å². The molecule has 7 heteroatoms. The number of hydrogen-bond donors (Lipinski definition) is 0. The summed E-state index contributed by atoms with van der Waals surface area (Å²) in [4.78, 5) is 2.05. The summed E-state index contributed by atoms with van der Waals surface area (Å²) >= 11 is 6.16. The number of aromatic nitrogens is 2. The van der Waals surface area contributed by atoms with Gasteiger partial charge in [-0.1, -0.05) is 23.7 Å². The number of likely N-dealkylation sites (N-methyl/N-ethyl adjacent to an activating group) is 1. The van der Waals surface area contributed by atoms with Crippen LogP contribution in [0.3, 0.4) is 0 Å². The fourth-order valence-electron chi connectivity index (χ4n) is 2.36. The van der Waals surface area contributed by atoms with Gasteiger partial charge in [0.25, 0.3) is 0 Å². The van der Waals surface area contributed by atoms with Crippen LogP contribution in [0.5, 0.6) is 11.5 Å². The van der Waals surface area contributed by atoms with E-state index in [1.54, 1.807) is 13.2 Å². The molecule has 0 unspecified atom stereocenters. The van der Waals surface area contributed by atoms with Gasteiger partial charge in [0.15, 0.2) is 0 Å². The van der Waals surface area contributed by atoms with Gasteiger partial charge in [0.2, 0.25) is 11.8 Å². The zero-order chi connectivity index (χ0) is 18.4.